The molecule has 112 valence electrons. The molecule has 0 radical (unpaired) electrons. The zero-order valence-electron chi connectivity index (χ0n) is 12.8. The van der Waals surface area contributed by atoms with Crippen molar-refractivity contribution in [3.8, 4) is 5.75 Å². The molecule has 0 aliphatic heterocycles. The molecule has 0 bridgehead atoms. The topological polar surface area (TPSA) is 13.7 Å². The van der Waals surface area contributed by atoms with Gasteiger partial charge in [-0.25, -0.2) is 0 Å². The van der Waals surface area contributed by atoms with Crippen LogP contribution in [0.15, 0.2) is 30.9 Å². The number of nitrogens with one attached hydrogen (secondary N) is 1. The third-order valence-corrected chi connectivity index (χ3v) is 3.80. The summed E-state index contributed by atoms with van der Waals surface area (Å²) in [7, 11) is 0. The Morgan fingerprint density at radius 1 is 1.25 bits per heavy atom. The minimum Gasteiger partial charge on any atom is -0.493 e. The molecule has 0 amide bonds. The number of unbranched alkanes of at least 4 members (excludes halogenated alkanes) is 1. The van der Waals surface area contributed by atoms with E-state index in [9.17, 15) is 0 Å². The van der Waals surface area contributed by atoms with Crippen molar-refractivity contribution in [2.75, 3.05) is 26.2 Å². The number of hydrogen-bond acceptors (Lipinski definition) is 1. The van der Waals surface area contributed by atoms with Crippen LogP contribution in [0.4, 0.5) is 0 Å². The normalized spacial score (nSPS) is 10.8. The number of quaternary nitrogens is 1. The molecule has 1 rings (SSSR count). The highest BCUT2D eigenvalue weighted by Gasteiger charge is 2.05. The van der Waals surface area contributed by atoms with Gasteiger partial charge in [0.15, 0.2) is 0 Å². The number of halogens is 1. The molecule has 0 aliphatic carbocycles. The second-order valence-corrected chi connectivity index (χ2v) is 5.44. The lowest BCUT2D eigenvalue weighted by atomic mass is 10.1. The van der Waals surface area contributed by atoms with E-state index in [0.717, 1.165) is 35.8 Å². The smallest absolute Gasteiger partial charge is 0.122 e. The van der Waals surface area contributed by atoms with E-state index in [2.05, 4.69) is 20.4 Å². The largest absolute Gasteiger partial charge is 0.493 e. The zero-order chi connectivity index (χ0) is 14.8. The highest BCUT2D eigenvalue weighted by molar-refractivity contribution is 6.30. The van der Waals surface area contributed by atoms with Gasteiger partial charge in [0, 0.05) is 5.02 Å². The minimum absolute atomic E-state index is 0.749. The van der Waals surface area contributed by atoms with Crippen molar-refractivity contribution >= 4 is 11.6 Å². The van der Waals surface area contributed by atoms with Crippen molar-refractivity contribution < 1.29 is 9.64 Å². The predicted molar refractivity (Wildman–Crippen MR) is 87.0 cm³/mol. The Kier molecular flexibility index (Phi) is 8.40. The van der Waals surface area contributed by atoms with Gasteiger partial charge < -0.3 is 9.64 Å². The maximum absolute atomic E-state index is 6.01. The van der Waals surface area contributed by atoms with E-state index in [0.29, 0.717) is 0 Å². The summed E-state index contributed by atoms with van der Waals surface area (Å²) in [4.78, 5) is 1.66. The molecule has 0 atom stereocenters. The van der Waals surface area contributed by atoms with Crippen molar-refractivity contribution in [1.29, 1.82) is 0 Å². The van der Waals surface area contributed by atoms with E-state index < -0.39 is 0 Å². The van der Waals surface area contributed by atoms with Gasteiger partial charge in [-0.3, -0.25) is 0 Å². The maximum Gasteiger partial charge on any atom is 0.122 e. The van der Waals surface area contributed by atoms with Crippen molar-refractivity contribution in [2.24, 2.45) is 0 Å². The highest BCUT2D eigenvalue weighted by atomic mass is 35.5. The Bertz CT molecular complexity index is 402. The molecule has 0 aliphatic rings. The highest BCUT2D eigenvalue weighted by Crippen LogP contribution is 2.23. The number of hydrogen-bond donors (Lipinski definition) is 1. The fourth-order valence-corrected chi connectivity index (χ4v) is 2.46. The van der Waals surface area contributed by atoms with Gasteiger partial charge >= 0.3 is 0 Å². The fourth-order valence-electron chi connectivity index (χ4n) is 2.27. The molecule has 1 N–H and O–H groups in total. The maximum atomic E-state index is 6.01. The van der Waals surface area contributed by atoms with E-state index in [-0.39, 0.29) is 0 Å². The Morgan fingerprint density at radius 2 is 2.00 bits per heavy atom. The Hall–Kier alpha value is -0.990. The molecule has 3 heteroatoms. The molecule has 20 heavy (non-hydrogen) atoms. The average Bonchev–Trinajstić information content (AvgIpc) is 2.45. The number of benzene rings is 1. The lowest BCUT2D eigenvalue weighted by molar-refractivity contribution is -0.896. The van der Waals surface area contributed by atoms with Crippen LogP contribution in [0.3, 0.4) is 0 Å². The molecular weight excluding hydrogens is 270 g/mol. The molecule has 1 aromatic rings. The van der Waals surface area contributed by atoms with E-state index >= 15 is 0 Å². The number of allylic oxidation sites excluding steroid dienone is 1. The summed E-state index contributed by atoms with van der Waals surface area (Å²) >= 11 is 6.01. The molecule has 0 aromatic heterocycles. The van der Waals surface area contributed by atoms with Crippen molar-refractivity contribution in [3.63, 3.8) is 0 Å². The third-order valence-electron chi connectivity index (χ3n) is 3.57. The molecular formula is C17H27ClNO+. The molecule has 1 aromatic carbocycles. The van der Waals surface area contributed by atoms with Crippen LogP contribution in [0.25, 0.3) is 0 Å². The SMILES string of the molecule is C=CCc1cc(Cl)ccc1OCCCC[NH+](CC)CC. The van der Waals surface area contributed by atoms with Gasteiger partial charge in [0.2, 0.25) is 0 Å². The first kappa shape index (κ1) is 17.1. The van der Waals surface area contributed by atoms with Gasteiger partial charge in [-0.15, -0.1) is 6.58 Å². The van der Waals surface area contributed by atoms with Crippen LogP contribution in [0.1, 0.15) is 32.3 Å². The van der Waals surface area contributed by atoms with Crippen molar-refractivity contribution in [3.05, 3.63) is 41.4 Å². The summed E-state index contributed by atoms with van der Waals surface area (Å²) in [5, 5.41) is 0.749. The van der Waals surface area contributed by atoms with Gasteiger partial charge in [-0.1, -0.05) is 17.7 Å². The summed E-state index contributed by atoms with van der Waals surface area (Å²) in [6.07, 6.45) is 4.97. The zero-order valence-corrected chi connectivity index (χ0v) is 13.5. The molecule has 0 heterocycles. The second-order valence-electron chi connectivity index (χ2n) is 5.01. The van der Waals surface area contributed by atoms with Crippen molar-refractivity contribution in [2.45, 2.75) is 33.1 Å². The average molecular weight is 297 g/mol. The molecule has 0 unspecified atom stereocenters. The van der Waals surface area contributed by atoms with Crippen LogP contribution in [0, 0.1) is 0 Å². The summed E-state index contributed by atoms with van der Waals surface area (Å²) in [6.45, 7) is 12.7. The second kappa shape index (κ2) is 9.84. The predicted octanol–water partition coefficient (Wildman–Crippen LogP) is 3.15. The van der Waals surface area contributed by atoms with Gasteiger partial charge in [0.05, 0.1) is 26.2 Å². The molecule has 2 nitrogen and oxygen atoms in total. The van der Waals surface area contributed by atoms with Gasteiger partial charge in [0.25, 0.3) is 0 Å². The fraction of sp³-hybridized carbons (Fsp3) is 0.529. The monoisotopic (exact) mass is 296 g/mol. The van der Waals surface area contributed by atoms with Gasteiger partial charge in [-0.05, 0) is 56.9 Å². The van der Waals surface area contributed by atoms with Crippen LogP contribution in [0.5, 0.6) is 5.75 Å². The number of ether oxygens (including phenoxy) is 1. The van der Waals surface area contributed by atoms with Gasteiger partial charge in [0.1, 0.15) is 5.75 Å². The Balaban J connectivity index is 2.36. The third kappa shape index (κ3) is 5.98. The lowest BCUT2D eigenvalue weighted by Crippen LogP contribution is -3.11. The van der Waals surface area contributed by atoms with Crippen LogP contribution in [0.2, 0.25) is 5.02 Å². The summed E-state index contributed by atoms with van der Waals surface area (Å²) < 4.78 is 5.88. The van der Waals surface area contributed by atoms with Crippen LogP contribution >= 0.6 is 11.6 Å². The molecule has 0 saturated carbocycles. The molecule has 0 fully saturated rings. The first-order valence-electron chi connectivity index (χ1n) is 7.56. The molecule has 0 spiro atoms. The standard InChI is InChI=1S/C17H26ClNO/c1-4-9-15-14-16(18)10-11-17(15)20-13-8-7-12-19(5-2)6-3/h4,10-11,14H,1,5-9,12-13H2,2-3H3/p+1. The Labute approximate surface area is 128 Å². The summed E-state index contributed by atoms with van der Waals surface area (Å²) in [5.74, 6) is 0.935. The van der Waals surface area contributed by atoms with Crippen LogP contribution in [-0.2, 0) is 6.42 Å². The lowest BCUT2D eigenvalue weighted by Gasteiger charge is -2.15. The quantitative estimate of drug-likeness (QED) is 0.517. The summed E-state index contributed by atoms with van der Waals surface area (Å²) in [6, 6.07) is 5.79. The Morgan fingerprint density at radius 3 is 2.65 bits per heavy atom. The molecule has 0 saturated heterocycles. The van der Waals surface area contributed by atoms with Crippen LogP contribution < -0.4 is 9.64 Å². The van der Waals surface area contributed by atoms with Gasteiger partial charge in [-0.2, -0.15) is 0 Å². The first-order chi connectivity index (χ1) is 9.71. The van der Waals surface area contributed by atoms with Crippen molar-refractivity contribution in [1.82, 2.24) is 0 Å². The van der Waals surface area contributed by atoms with E-state index in [1.165, 1.54) is 26.1 Å². The van der Waals surface area contributed by atoms with E-state index in [4.69, 9.17) is 16.3 Å². The summed E-state index contributed by atoms with van der Waals surface area (Å²) in [5.41, 5.74) is 1.11. The minimum atomic E-state index is 0.749. The van der Waals surface area contributed by atoms with Crippen LogP contribution in [-0.4, -0.2) is 26.2 Å². The first-order valence-corrected chi connectivity index (χ1v) is 7.94. The number of rotatable bonds is 10. The van der Waals surface area contributed by atoms with E-state index in [1.807, 2.05) is 24.3 Å². The van der Waals surface area contributed by atoms with E-state index in [1.54, 1.807) is 4.90 Å².